The minimum absolute atomic E-state index is 0.391. The molecule has 24 heavy (non-hydrogen) atoms. The summed E-state index contributed by atoms with van der Waals surface area (Å²) in [5, 5.41) is 7.44. The molecule has 1 heterocycles. The van der Waals surface area contributed by atoms with E-state index in [2.05, 4.69) is 10.5 Å². The van der Waals surface area contributed by atoms with Gasteiger partial charge < -0.3 is 14.6 Å². The molecule has 1 amide bonds. The lowest BCUT2D eigenvalue weighted by molar-refractivity contribution is 0.0523. The number of rotatable bonds is 5. The van der Waals surface area contributed by atoms with Gasteiger partial charge in [0.2, 0.25) is 0 Å². The lowest BCUT2D eigenvalue weighted by Gasteiger charge is -2.19. The molecule has 2 rings (SSSR count). The number of amides is 1. The highest BCUT2D eigenvalue weighted by molar-refractivity contribution is 6.31. The normalized spacial score (nSPS) is 11.4. The molecule has 6 heteroatoms. The fraction of sp³-hybridized carbons (Fsp3) is 0.444. The number of carbonyl (C=O) groups excluding carboxylic acids is 1. The summed E-state index contributed by atoms with van der Waals surface area (Å²) < 4.78 is 10.3. The Bertz CT molecular complexity index is 705. The number of hydrogen-bond acceptors (Lipinski definition) is 4. The smallest absolute Gasteiger partial charge is 0.407 e. The van der Waals surface area contributed by atoms with Crippen molar-refractivity contribution in [2.24, 2.45) is 0 Å². The number of nitrogens with zero attached hydrogens (tertiary/aromatic N) is 1. The Morgan fingerprint density at radius 2 is 2.04 bits per heavy atom. The Balaban J connectivity index is 1.94. The van der Waals surface area contributed by atoms with Crippen molar-refractivity contribution in [3.8, 4) is 0 Å². The lowest BCUT2D eigenvalue weighted by Crippen LogP contribution is -2.32. The van der Waals surface area contributed by atoms with Crippen molar-refractivity contribution >= 4 is 17.7 Å². The number of halogens is 1. The second kappa shape index (κ2) is 7.71. The summed E-state index contributed by atoms with van der Waals surface area (Å²) in [6, 6.07) is 7.65. The molecule has 130 valence electrons. The minimum atomic E-state index is -0.509. The van der Waals surface area contributed by atoms with Gasteiger partial charge in [0.1, 0.15) is 11.4 Å². The Hall–Kier alpha value is -2.01. The van der Waals surface area contributed by atoms with Gasteiger partial charge in [-0.2, -0.15) is 0 Å². The fourth-order valence-corrected chi connectivity index (χ4v) is 2.43. The third-order valence-electron chi connectivity index (χ3n) is 3.27. The van der Waals surface area contributed by atoms with Crippen LogP contribution in [-0.4, -0.2) is 16.9 Å². The third-order valence-corrected chi connectivity index (χ3v) is 3.64. The summed E-state index contributed by atoms with van der Waals surface area (Å²) in [4.78, 5) is 11.7. The molecular weight excluding hydrogens is 328 g/mol. The number of aryl methyl sites for hydroxylation is 3. The number of benzene rings is 1. The van der Waals surface area contributed by atoms with E-state index in [1.165, 1.54) is 0 Å². The average molecular weight is 351 g/mol. The summed E-state index contributed by atoms with van der Waals surface area (Å²) in [5.41, 5.74) is 2.38. The van der Waals surface area contributed by atoms with E-state index >= 15 is 0 Å². The van der Waals surface area contributed by atoms with Crippen molar-refractivity contribution in [3.05, 3.63) is 51.9 Å². The highest BCUT2D eigenvalue weighted by Gasteiger charge is 2.15. The van der Waals surface area contributed by atoms with Crippen molar-refractivity contribution in [2.45, 2.75) is 52.7 Å². The number of nitrogens with one attached hydrogen (secondary N) is 1. The molecule has 1 aromatic heterocycles. The Labute approximate surface area is 147 Å². The average Bonchev–Trinajstić information content (AvgIpc) is 2.89. The van der Waals surface area contributed by atoms with E-state index < -0.39 is 11.7 Å². The van der Waals surface area contributed by atoms with Gasteiger partial charge in [-0.3, -0.25) is 0 Å². The Kier molecular flexibility index (Phi) is 5.89. The first-order valence-corrected chi connectivity index (χ1v) is 8.27. The van der Waals surface area contributed by atoms with Gasteiger partial charge in [-0.25, -0.2) is 4.79 Å². The first kappa shape index (κ1) is 18.3. The van der Waals surface area contributed by atoms with Gasteiger partial charge in [-0.05, 0) is 57.7 Å². The van der Waals surface area contributed by atoms with Crippen LogP contribution in [0, 0.1) is 6.92 Å². The van der Waals surface area contributed by atoms with Crippen LogP contribution >= 0.6 is 11.6 Å². The number of alkyl carbamates (subject to hydrolysis) is 1. The zero-order chi connectivity index (χ0) is 17.7. The predicted molar refractivity (Wildman–Crippen MR) is 93.2 cm³/mol. The van der Waals surface area contributed by atoms with Gasteiger partial charge in [-0.15, -0.1) is 0 Å². The van der Waals surface area contributed by atoms with E-state index in [0.717, 1.165) is 35.4 Å². The molecule has 0 fully saturated rings. The quantitative estimate of drug-likeness (QED) is 0.865. The van der Waals surface area contributed by atoms with Crippen molar-refractivity contribution in [1.29, 1.82) is 0 Å². The SMILES string of the molecule is Cc1cc(CCc2cc(CNC(=O)OC(C)(C)C)ccc2Cl)no1. The van der Waals surface area contributed by atoms with E-state index in [0.29, 0.717) is 11.6 Å². The van der Waals surface area contributed by atoms with Crippen LogP contribution in [-0.2, 0) is 24.1 Å². The molecule has 0 saturated carbocycles. The standard InChI is InChI=1S/C18H23ClN2O3/c1-12-9-15(21-24-12)7-6-14-10-13(5-8-16(14)19)11-20-17(22)23-18(2,3)4/h5,8-10H,6-7,11H2,1-4H3,(H,20,22). The van der Waals surface area contributed by atoms with Gasteiger partial charge in [0, 0.05) is 17.6 Å². The zero-order valence-electron chi connectivity index (χ0n) is 14.5. The second-order valence-corrected chi connectivity index (χ2v) is 7.12. The fourth-order valence-electron chi connectivity index (χ4n) is 2.22. The van der Waals surface area contributed by atoms with Crippen LogP contribution in [0.1, 0.15) is 43.4 Å². The van der Waals surface area contributed by atoms with E-state index in [1.54, 1.807) is 0 Å². The van der Waals surface area contributed by atoms with Crippen LogP contribution in [0.2, 0.25) is 5.02 Å². The molecule has 0 radical (unpaired) electrons. The monoisotopic (exact) mass is 350 g/mol. The number of carbonyl (C=O) groups is 1. The molecule has 2 aromatic rings. The molecule has 1 N–H and O–H groups in total. The maximum Gasteiger partial charge on any atom is 0.407 e. The summed E-state index contributed by atoms with van der Waals surface area (Å²) >= 11 is 6.26. The third kappa shape index (κ3) is 5.89. The summed E-state index contributed by atoms with van der Waals surface area (Å²) in [6.45, 7) is 7.75. The van der Waals surface area contributed by atoms with E-state index in [1.807, 2.05) is 52.0 Å². The summed E-state index contributed by atoms with van der Waals surface area (Å²) in [6.07, 6.45) is 1.07. The highest BCUT2D eigenvalue weighted by atomic mass is 35.5. The molecule has 5 nitrogen and oxygen atoms in total. The van der Waals surface area contributed by atoms with Crippen molar-refractivity contribution < 1.29 is 14.1 Å². The van der Waals surface area contributed by atoms with Crippen LogP contribution < -0.4 is 5.32 Å². The van der Waals surface area contributed by atoms with E-state index in [9.17, 15) is 4.79 Å². The van der Waals surface area contributed by atoms with Crippen molar-refractivity contribution in [1.82, 2.24) is 10.5 Å². The number of ether oxygens (including phenoxy) is 1. The van der Waals surface area contributed by atoms with Crippen LogP contribution in [0.25, 0.3) is 0 Å². The molecule has 0 bridgehead atoms. The zero-order valence-corrected chi connectivity index (χ0v) is 15.2. The highest BCUT2D eigenvalue weighted by Crippen LogP contribution is 2.20. The van der Waals surface area contributed by atoms with Crippen LogP contribution in [0.15, 0.2) is 28.8 Å². The molecule has 0 atom stereocenters. The lowest BCUT2D eigenvalue weighted by atomic mass is 10.0. The second-order valence-electron chi connectivity index (χ2n) is 6.71. The van der Waals surface area contributed by atoms with Gasteiger partial charge in [0.05, 0.1) is 5.69 Å². The molecule has 0 aliphatic carbocycles. The van der Waals surface area contributed by atoms with Gasteiger partial charge in [0.25, 0.3) is 0 Å². The van der Waals surface area contributed by atoms with Gasteiger partial charge in [-0.1, -0.05) is 28.9 Å². The predicted octanol–water partition coefficient (Wildman–Crippen LogP) is 4.45. The molecular formula is C18H23ClN2O3. The summed E-state index contributed by atoms with van der Waals surface area (Å²) in [7, 11) is 0. The largest absolute Gasteiger partial charge is 0.444 e. The maximum absolute atomic E-state index is 11.7. The molecule has 0 aliphatic heterocycles. The first-order chi connectivity index (χ1) is 11.2. The first-order valence-electron chi connectivity index (χ1n) is 7.89. The van der Waals surface area contributed by atoms with Gasteiger partial charge in [0.15, 0.2) is 0 Å². The van der Waals surface area contributed by atoms with Gasteiger partial charge >= 0.3 is 6.09 Å². The molecule has 0 aliphatic rings. The minimum Gasteiger partial charge on any atom is -0.444 e. The summed E-state index contributed by atoms with van der Waals surface area (Å²) in [5.74, 6) is 0.798. The van der Waals surface area contributed by atoms with Crippen LogP contribution in [0.5, 0.6) is 0 Å². The van der Waals surface area contributed by atoms with Crippen molar-refractivity contribution in [3.63, 3.8) is 0 Å². The van der Waals surface area contributed by atoms with E-state index in [4.69, 9.17) is 20.9 Å². The van der Waals surface area contributed by atoms with Crippen LogP contribution in [0.3, 0.4) is 0 Å². The molecule has 1 aromatic carbocycles. The van der Waals surface area contributed by atoms with E-state index in [-0.39, 0.29) is 0 Å². The molecule has 0 spiro atoms. The topological polar surface area (TPSA) is 64.4 Å². The Morgan fingerprint density at radius 3 is 2.67 bits per heavy atom. The van der Waals surface area contributed by atoms with Crippen molar-refractivity contribution in [2.75, 3.05) is 0 Å². The number of hydrogen-bond donors (Lipinski definition) is 1. The van der Waals surface area contributed by atoms with Crippen LogP contribution in [0.4, 0.5) is 4.79 Å². The number of aromatic nitrogens is 1. The Morgan fingerprint density at radius 1 is 1.29 bits per heavy atom. The maximum atomic E-state index is 11.7. The molecule has 0 unspecified atom stereocenters. The molecule has 0 saturated heterocycles.